The van der Waals surface area contributed by atoms with Crippen LogP contribution in [0.2, 0.25) is 5.02 Å². The van der Waals surface area contributed by atoms with Gasteiger partial charge in [0.25, 0.3) is 0 Å². The van der Waals surface area contributed by atoms with Crippen LogP contribution in [0.5, 0.6) is 5.75 Å². The highest BCUT2D eigenvalue weighted by Gasteiger charge is 2.38. The van der Waals surface area contributed by atoms with Gasteiger partial charge in [-0.2, -0.15) is 0 Å². The van der Waals surface area contributed by atoms with E-state index in [1.54, 1.807) is 36.2 Å². The second-order valence-electron chi connectivity index (χ2n) is 7.58. The molecule has 0 saturated heterocycles. The van der Waals surface area contributed by atoms with Crippen LogP contribution in [0, 0.1) is 5.92 Å². The van der Waals surface area contributed by atoms with Gasteiger partial charge in [-0.25, -0.2) is 0 Å². The van der Waals surface area contributed by atoms with Gasteiger partial charge in [0.05, 0.1) is 40.8 Å². The number of benzene rings is 3. The van der Waals surface area contributed by atoms with Gasteiger partial charge in [0.2, 0.25) is 0 Å². The summed E-state index contributed by atoms with van der Waals surface area (Å²) in [4.78, 5) is 19.6. The summed E-state index contributed by atoms with van der Waals surface area (Å²) in [5.41, 5.74) is 3.86. The van der Waals surface area contributed by atoms with Crippen molar-refractivity contribution in [3.8, 4) is 5.75 Å². The first-order valence-corrected chi connectivity index (χ1v) is 11.2. The molecule has 0 aliphatic carbocycles. The van der Waals surface area contributed by atoms with E-state index in [-0.39, 0.29) is 16.6 Å². The van der Waals surface area contributed by atoms with E-state index in [9.17, 15) is 4.79 Å². The molecule has 31 heavy (non-hydrogen) atoms. The fourth-order valence-corrected chi connectivity index (χ4v) is 5.73. The Morgan fingerprint density at radius 1 is 1.03 bits per heavy atom. The lowest BCUT2D eigenvalue weighted by Crippen LogP contribution is -2.33. The third kappa shape index (κ3) is 3.08. The number of ether oxygens (including phenoxy) is 1. The van der Waals surface area contributed by atoms with Crippen LogP contribution in [0.25, 0.3) is 11.0 Å². The predicted molar refractivity (Wildman–Crippen MR) is 124 cm³/mol. The first kappa shape index (κ1) is 18.7. The second kappa shape index (κ2) is 7.29. The molecule has 2 aliphatic heterocycles. The van der Waals surface area contributed by atoms with Crippen LogP contribution in [0.3, 0.4) is 0 Å². The zero-order chi connectivity index (χ0) is 20.9. The van der Waals surface area contributed by atoms with Crippen molar-refractivity contribution in [1.29, 1.82) is 0 Å². The van der Waals surface area contributed by atoms with Crippen molar-refractivity contribution >= 4 is 45.7 Å². The number of fused-ring (bicyclic) bond motifs is 5. The second-order valence-corrected chi connectivity index (χ2v) is 9.20. The highest BCUT2D eigenvalue weighted by molar-refractivity contribution is 7.99. The quantitative estimate of drug-likeness (QED) is 0.339. The summed E-state index contributed by atoms with van der Waals surface area (Å²) in [6, 6.07) is 21.1. The molecule has 2 atom stereocenters. The van der Waals surface area contributed by atoms with Crippen molar-refractivity contribution in [2.45, 2.75) is 10.1 Å². The summed E-state index contributed by atoms with van der Waals surface area (Å²) in [5, 5.41) is 0.780. The SMILES string of the molecule is O=c1c([C@@H]2Sc3ccccc3N=C3c4ccccc4OC[C@H]32)coc2ccc(Cl)cc12. The van der Waals surface area contributed by atoms with Gasteiger partial charge in [-0.1, -0.05) is 35.9 Å². The van der Waals surface area contributed by atoms with E-state index >= 15 is 0 Å². The topological polar surface area (TPSA) is 51.8 Å². The predicted octanol–water partition coefficient (Wildman–Crippen LogP) is 6.42. The molecule has 0 spiro atoms. The standard InChI is InChI=1S/C25H16ClNO3S/c26-14-9-10-21-16(11-14)24(28)18(13-30-21)25-17-12-29-20-7-3-1-5-15(20)23(17)27-19-6-2-4-8-22(19)31-25/h1-11,13,17,25H,12H2/t17-,25-/m1/s1. The number of aliphatic imine (C=N–C) groups is 1. The van der Waals surface area contributed by atoms with Crippen LogP contribution in [0.4, 0.5) is 5.69 Å². The van der Waals surface area contributed by atoms with Crippen molar-refractivity contribution in [3.63, 3.8) is 0 Å². The van der Waals surface area contributed by atoms with Crippen LogP contribution in [-0.4, -0.2) is 12.3 Å². The summed E-state index contributed by atoms with van der Waals surface area (Å²) in [7, 11) is 0. The van der Waals surface area contributed by atoms with Crippen molar-refractivity contribution in [1.82, 2.24) is 0 Å². The summed E-state index contributed by atoms with van der Waals surface area (Å²) >= 11 is 7.79. The molecule has 6 rings (SSSR count). The van der Waals surface area contributed by atoms with Gasteiger partial charge in [0.1, 0.15) is 11.3 Å². The molecule has 1 aromatic heterocycles. The van der Waals surface area contributed by atoms with E-state index in [2.05, 4.69) is 0 Å². The molecular weight excluding hydrogens is 430 g/mol. The molecule has 152 valence electrons. The van der Waals surface area contributed by atoms with Gasteiger partial charge < -0.3 is 9.15 Å². The zero-order valence-corrected chi connectivity index (χ0v) is 17.8. The van der Waals surface area contributed by atoms with E-state index in [1.807, 2.05) is 48.5 Å². The maximum absolute atomic E-state index is 13.5. The van der Waals surface area contributed by atoms with E-state index in [1.165, 1.54) is 0 Å². The highest BCUT2D eigenvalue weighted by atomic mass is 35.5. The van der Waals surface area contributed by atoms with Crippen LogP contribution >= 0.6 is 23.4 Å². The molecule has 3 heterocycles. The molecule has 0 radical (unpaired) electrons. The first-order chi connectivity index (χ1) is 15.2. The highest BCUT2D eigenvalue weighted by Crippen LogP contribution is 2.49. The Kier molecular flexibility index (Phi) is 4.40. The fraction of sp³-hybridized carbons (Fsp3) is 0.120. The maximum atomic E-state index is 13.5. The Hall–Kier alpha value is -3.02. The molecule has 4 aromatic rings. The maximum Gasteiger partial charge on any atom is 0.197 e. The number of hydrogen-bond donors (Lipinski definition) is 0. The first-order valence-electron chi connectivity index (χ1n) is 9.96. The molecule has 0 fully saturated rings. The van der Waals surface area contributed by atoms with Crippen molar-refractivity contribution in [2.75, 3.05) is 6.61 Å². The van der Waals surface area contributed by atoms with Crippen molar-refractivity contribution in [2.24, 2.45) is 10.9 Å². The fourth-order valence-electron chi connectivity index (χ4n) is 4.23. The lowest BCUT2D eigenvalue weighted by Gasteiger charge is -2.31. The Balaban J connectivity index is 1.58. The summed E-state index contributed by atoms with van der Waals surface area (Å²) in [5.74, 6) is 0.713. The Labute approximate surface area is 187 Å². The molecule has 0 amide bonds. The van der Waals surface area contributed by atoms with Crippen molar-refractivity contribution in [3.05, 3.63) is 99.4 Å². The van der Waals surface area contributed by atoms with E-state index < -0.39 is 0 Å². The smallest absolute Gasteiger partial charge is 0.197 e. The number of halogens is 1. The number of rotatable bonds is 1. The van der Waals surface area contributed by atoms with Gasteiger partial charge in [-0.05, 0) is 42.5 Å². The number of thioether (sulfide) groups is 1. The number of para-hydroxylation sites is 2. The van der Waals surface area contributed by atoms with E-state index in [0.29, 0.717) is 28.2 Å². The molecular formula is C25H16ClNO3S. The zero-order valence-electron chi connectivity index (χ0n) is 16.2. The summed E-state index contributed by atoms with van der Waals surface area (Å²) < 4.78 is 12.0. The largest absolute Gasteiger partial charge is 0.492 e. The normalized spacial score (nSPS) is 19.5. The molecule has 6 heteroatoms. The Morgan fingerprint density at radius 3 is 2.81 bits per heavy atom. The minimum absolute atomic E-state index is 0.0705. The van der Waals surface area contributed by atoms with Gasteiger partial charge in [-0.15, -0.1) is 11.8 Å². The van der Waals surface area contributed by atoms with Crippen LogP contribution in [-0.2, 0) is 0 Å². The number of hydrogen-bond acceptors (Lipinski definition) is 5. The molecule has 0 N–H and O–H groups in total. The summed E-state index contributed by atoms with van der Waals surface area (Å²) in [6.45, 7) is 0.439. The molecule has 0 unspecified atom stereocenters. The lowest BCUT2D eigenvalue weighted by molar-refractivity contribution is 0.271. The van der Waals surface area contributed by atoms with E-state index in [0.717, 1.165) is 27.6 Å². The minimum atomic E-state index is -0.213. The number of nitrogens with zero attached hydrogens (tertiary/aromatic N) is 1. The Bertz CT molecular complexity index is 1430. The monoisotopic (exact) mass is 445 g/mol. The third-order valence-electron chi connectivity index (χ3n) is 5.73. The molecule has 4 nitrogen and oxygen atoms in total. The summed E-state index contributed by atoms with van der Waals surface area (Å²) in [6.07, 6.45) is 1.59. The molecule has 2 aliphatic rings. The molecule has 0 bridgehead atoms. The molecule has 3 aromatic carbocycles. The van der Waals surface area contributed by atoms with Crippen LogP contribution in [0.15, 0.2) is 92.1 Å². The van der Waals surface area contributed by atoms with Crippen molar-refractivity contribution < 1.29 is 9.15 Å². The lowest BCUT2D eigenvalue weighted by atomic mass is 9.88. The molecule has 0 saturated carbocycles. The van der Waals surface area contributed by atoms with Gasteiger partial charge >= 0.3 is 0 Å². The minimum Gasteiger partial charge on any atom is -0.492 e. The van der Waals surface area contributed by atoms with Gasteiger partial charge in [-0.3, -0.25) is 9.79 Å². The van der Waals surface area contributed by atoms with E-state index in [4.69, 9.17) is 25.7 Å². The van der Waals surface area contributed by atoms with Gasteiger partial charge in [0.15, 0.2) is 5.43 Å². The average molecular weight is 446 g/mol. The Morgan fingerprint density at radius 2 is 1.87 bits per heavy atom. The third-order valence-corrected chi connectivity index (χ3v) is 7.40. The average Bonchev–Trinajstić information content (AvgIpc) is 2.97. The van der Waals surface area contributed by atoms with Gasteiger partial charge in [0, 0.05) is 21.0 Å². The van der Waals surface area contributed by atoms with Crippen LogP contribution < -0.4 is 10.2 Å². The van der Waals surface area contributed by atoms with Crippen LogP contribution in [0.1, 0.15) is 16.4 Å².